The van der Waals surface area contributed by atoms with Crippen LogP contribution in [0.3, 0.4) is 0 Å². The quantitative estimate of drug-likeness (QED) is 0.750. The van der Waals surface area contributed by atoms with E-state index >= 15 is 0 Å². The maximum Gasteiger partial charge on any atom is 0.243 e. The minimum atomic E-state index is -4.07. The number of halogens is 3. The summed E-state index contributed by atoms with van der Waals surface area (Å²) in [5, 5.41) is 0. The van der Waals surface area contributed by atoms with Gasteiger partial charge in [-0.1, -0.05) is 12.1 Å². The van der Waals surface area contributed by atoms with Gasteiger partial charge in [0.05, 0.1) is 4.90 Å². The third-order valence-electron chi connectivity index (χ3n) is 3.57. The molecule has 4 nitrogen and oxygen atoms in total. The minimum Gasteiger partial charge on any atom is -0.308 e. The van der Waals surface area contributed by atoms with Crippen LogP contribution in [0.2, 0.25) is 0 Å². The molecule has 0 spiro atoms. The second-order valence-corrected chi connectivity index (χ2v) is 7.79. The summed E-state index contributed by atoms with van der Waals surface area (Å²) in [6, 6.07) is 8.03. The molecular formula is C17H19F3N2O2S. The van der Waals surface area contributed by atoms with Crippen LogP contribution in [-0.2, 0) is 16.6 Å². The summed E-state index contributed by atoms with van der Waals surface area (Å²) in [6.45, 7) is 0.454. The largest absolute Gasteiger partial charge is 0.308 e. The van der Waals surface area contributed by atoms with Gasteiger partial charge in [0, 0.05) is 19.6 Å². The van der Waals surface area contributed by atoms with Crippen LogP contribution in [0.15, 0.2) is 47.4 Å². The van der Waals surface area contributed by atoms with Crippen LogP contribution in [0.1, 0.15) is 5.56 Å². The van der Waals surface area contributed by atoms with Crippen molar-refractivity contribution in [3.05, 3.63) is 65.5 Å². The van der Waals surface area contributed by atoms with E-state index in [0.29, 0.717) is 18.2 Å². The van der Waals surface area contributed by atoms with Crippen LogP contribution in [0, 0.1) is 17.5 Å². The van der Waals surface area contributed by atoms with Crippen molar-refractivity contribution < 1.29 is 21.6 Å². The number of benzene rings is 2. The number of hydrogen-bond acceptors (Lipinski definition) is 3. The molecular weight excluding hydrogens is 353 g/mol. The molecule has 0 aromatic heterocycles. The van der Waals surface area contributed by atoms with Gasteiger partial charge in [-0.05, 0) is 50.0 Å². The van der Waals surface area contributed by atoms with Crippen molar-refractivity contribution in [2.45, 2.75) is 11.4 Å². The van der Waals surface area contributed by atoms with Gasteiger partial charge in [-0.2, -0.15) is 4.31 Å². The lowest BCUT2D eigenvalue weighted by atomic mass is 10.2. The highest BCUT2D eigenvalue weighted by Gasteiger charge is 2.26. The zero-order chi connectivity index (χ0) is 18.6. The first-order valence-corrected chi connectivity index (χ1v) is 8.98. The van der Waals surface area contributed by atoms with E-state index in [2.05, 4.69) is 0 Å². The van der Waals surface area contributed by atoms with E-state index in [9.17, 15) is 21.6 Å². The van der Waals surface area contributed by atoms with Gasteiger partial charge in [0.2, 0.25) is 10.0 Å². The molecule has 2 aromatic carbocycles. The number of rotatable bonds is 7. The number of hydrogen-bond donors (Lipinski definition) is 0. The van der Waals surface area contributed by atoms with Crippen LogP contribution >= 0.6 is 0 Å². The summed E-state index contributed by atoms with van der Waals surface area (Å²) in [4.78, 5) is 1.45. The molecule has 0 bridgehead atoms. The molecule has 136 valence electrons. The molecule has 0 saturated carbocycles. The lowest BCUT2D eigenvalue weighted by Gasteiger charge is -2.24. The van der Waals surface area contributed by atoms with Crippen molar-refractivity contribution in [2.75, 3.05) is 27.2 Å². The van der Waals surface area contributed by atoms with E-state index < -0.39 is 27.5 Å². The fraction of sp³-hybridized carbons (Fsp3) is 0.294. The number of sulfonamides is 1. The Balaban J connectivity index is 2.36. The molecule has 0 N–H and O–H groups in total. The van der Waals surface area contributed by atoms with E-state index in [1.807, 2.05) is 0 Å². The molecule has 0 aliphatic carbocycles. The van der Waals surface area contributed by atoms with Gasteiger partial charge < -0.3 is 4.90 Å². The molecule has 0 heterocycles. The topological polar surface area (TPSA) is 40.6 Å². The summed E-state index contributed by atoms with van der Waals surface area (Å²) in [6.07, 6.45) is 0. The first-order valence-electron chi connectivity index (χ1n) is 7.54. The predicted octanol–water partition coefficient (Wildman–Crippen LogP) is 2.86. The van der Waals surface area contributed by atoms with E-state index in [1.165, 1.54) is 18.2 Å². The highest BCUT2D eigenvalue weighted by Crippen LogP contribution is 2.21. The van der Waals surface area contributed by atoms with Gasteiger partial charge in [0.15, 0.2) is 11.6 Å². The van der Waals surface area contributed by atoms with Crippen molar-refractivity contribution in [1.29, 1.82) is 0 Å². The van der Waals surface area contributed by atoms with Gasteiger partial charge in [-0.25, -0.2) is 21.6 Å². The SMILES string of the molecule is CN(C)CCN(Cc1cccc(F)c1)S(=O)(=O)c1ccc(F)c(F)c1. The van der Waals surface area contributed by atoms with Crippen LogP contribution in [0.4, 0.5) is 13.2 Å². The monoisotopic (exact) mass is 372 g/mol. The first kappa shape index (κ1) is 19.4. The molecule has 8 heteroatoms. The summed E-state index contributed by atoms with van der Waals surface area (Å²) >= 11 is 0. The normalized spacial score (nSPS) is 12.1. The maximum absolute atomic E-state index is 13.5. The van der Waals surface area contributed by atoms with Crippen molar-refractivity contribution in [2.24, 2.45) is 0 Å². The van der Waals surface area contributed by atoms with Gasteiger partial charge in [0.25, 0.3) is 0 Å². The number of nitrogens with zero attached hydrogens (tertiary/aromatic N) is 2. The lowest BCUT2D eigenvalue weighted by molar-refractivity contribution is 0.329. The first-order chi connectivity index (χ1) is 11.7. The van der Waals surface area contributed by atoms with E-state index in [1.54, 1.807) is 25.1 Å². The molecule has 0 atom stereocenters. The van der Waals surface area contributed by atoms with Gasteiger partial charge in [0.1, 0.15) is 5.82 Å². The van der Waals surface area contributed by atoms with E-state index in [0.717, 1.165) is 16.4 Å². The fourth-order valence-electron chi connectivity index (χ4n) is 2.22. The molecule has 2 aromatic rings. The van der Waals surface area contributed by atoms with Gasteiger partial charge in [-0.15, -0.1) is 0 Å². The molecule has 0 aliphatic rings. The van der Waals surface area contributed by atoms with Crippen molar-refractivity contribution in [3.8, 4) is 0 Å². The van der Waals surface area contributed by atoms with Gasteiger partial charge >= 0.3 is 0 Å². The van der Waals surface area contributed by atoms with E-state index in [4.69, 9.17) is 0 Å². The van der Waals surface area contributed by atoms with Gasteiger partial charge in [-0.3, -0.25) is 0 Å². The average Bonchev–Trinajstić information content (AvgIpc) is 2.53. The molecule has 0 radical (unpaired) electrons. The highest BCUT2D eigenvalue weighted by molar-refractivity contribution is 7.89. The maximum atomic E-state index is 13.5. The Morgan fingerprint density at radius 1 is 0.920 bits per heavy atom. The van der Waals surface area contributed by atoms with Crippen LogP contribution in [0.5, 0.6) is 0 Å². The Morgan fingerprint density at radius 3 is 2.24 bits per heavy atom. The fourth-order valence-corrected chi connectivity index (χ4v) is 3.65. The van der Waals surface area contributed by atoms with Crippen LogP contribution in [-0.4, -0.2) is 44.8 Å². The second-order valence-electron chi connectivity index (χ2n) is 5.85. The molecule has 0 fully saturated rings. The summed E-state index contributed by atoms with van der Waals surface area (Å²) < 4.78 is 66.7. The Labute approximate surface area is 145 Å². The predicted molar refractivity (Wildman–Crippen MR) is 88.9 cm³/mol. The smallest absolute Gasteiger partial charge is 0.243 e. The third-order valence-corrected chi connectivity index (χ3v) is 5.41. The summed E-state index contributed by atoms with van der Waals surface area (Å²) in [7, 11) is -0.505. The molecule has 2 rings (SSSR count). The minimum absolute atomic E-state index is 0.0765. The molecule has 0 unspecified atom stereocenters. The molecule has 25 heavy (non-hydrogen) atoms. The van der Waals surface area contributed by atoms with Crippen LogP contribution < -0.4 is 0 Å². The molecule has 0 aliphatic heterocycles. The second kappa shape index (κ2) is 7.99. The highest BCUT2D eigenvalue weighted by atomic mass is 32.2. The molecule has 0 saturated heterocycles. The Morgan fingerprint density at radius 2 is 1.64 bits per heavy atom. The molecule has 0 amide bonds. The Bertz CT molecular complexity index is 842. The lowest BCUT2D eigenvalue weighted by Crippen LogP contribution is -2.36. The zero-order valence-electron chi connectivity index (χ0n) is 13.9. The van der Waals surface area contributed by atoms with Crippen molar-refractivity contribution in [3.63, 3.8) is 0 Å². The van der Waals surface area contributed by atoms with E-state index in [-0.39, 0.29) is 18.0 Å². The summed E-state index contributed by atoms with van der Waals surface area (Å²) in [5.74, 6) is -2.83. The average molecular weight is 372 g/mol. The number of likely N-dealkylation sites (N-methyl/N-ethyl adjacent to an activating group) is 1. The Hall–Kier alpha value is -1.90. The zero-order valence-corrected chi connectivity index (χ0v) is 14.7. The third kappa shape index (κ3) is 5.04. The van der Waals surface area contributed by atoms with Crippen molar-refractivity contribution >= 4 is 10.0 Å². The van der Waals surface area contributed by atoms with Crippen LogP contribution in [0.25, 0.3) is 0 Å². The standard InChI is InChI=1S/C17H19F3N2O2S/c1-21(2)8-9-22(12-13-4-3-5-14(18)10-13)25(23,24)15-6-7-16(19)17(20)11-15/h3-7,10-11H,8-9,12H2,1-2H3. The summed E-state index contributed by atoms with van der Waals surface area (Å²) in [5.41, 5.74) is 0.463. The Kier molecular flexibility index (Phi) is 6.21. The van der Waals surface area contributed by atoms with Crippen molar-refractivity contribution in [1.82, 2.24) is 9.21 Å².